The summed E-state index contributed by atoms with van der Waals surface area (Å²) in [6.07, 6.45) is 0. The van der Waals surface area contributed by atoms with Crippen molar-refractivity contribution in [1.82, 2.24) is 4.57 Å². The minimum atomic E-state index is -0.855. The molecule has 0 aliphatic heterocycles. The van der Waals surface area contributed by atoms with Crippen molar-refractivity contribution >= 4 is 16.9 Å². The molecule has 2 aromatic rings. The number of carboxylic acids is 1. The van der Waals surface area contributed by atoms with Gasteiger partial charge in [-0.05, 0) is 31.9 Å². The number of aryl methyl sites for hydroxylation is 3. The molecule has 0 unspecified atom stereocenters. The molecule has 1 heterocycles. The van der Waals surface area contributed by atoms with Crippen LogP contribution in [0.2, 0.25) is 0 Å². The Morgan fingerprint density at radius 1 is 1.25 bits per heavy atom. The molecule has 84 valence electrons. The lowest BCUT2D eigenvalue weighted by molar-refractivity contribution is 0.0698. The molecular weight excluding hydrogens is 202 g/mol. The van der Waals surface area contributed by atoms with Gasteiger partial charge in [0.25, 0.3) is 0 Å². The summed E-state index contributed by atoms with van der Waals surface area (Å²) in [5.41, 5.74) is 4.58. The maximum absolute atomic E-state index is 11.2. The highest BCUT2D eigenvalue weighted by molar-refractivity contribution is 6.06. The number of rotatable bonds is 1. The van der Waals surface area contributed by atoms with Gasteiger partial charge in [0, 0.05) is 18.1 Å². The molecule has 0 radical (unpaired) electrons. The Bertz CT molecular complexity index is 594. The van der Waals surface area contributed by atoms with Gasteiger partial charge in [0.15, 0.2) is 0 Å². The van der Waals surface area contributed by atoms with Crippen LogP contribution in [0.1, 0.15) is 27.2 Å². The van der Waals surface area contributed by atoms with E-state index in [4.69, 9.17) is 0 Å². The summed E-state index contributed by atoms with van der Waals surface area (Å²) < 4.78 is 1.96. The molecule has 0 spiro atoms. The zero-order chi connectivity index (χ0) is 12.0. The molecule has 1 aromatic carbocycles. The normalized spacial score (nSPS) is 11.0. The van der Waals surface area contributed by atoms with Crippen molar-refractivity contribution in [3.8, 4) is 0 Å². The molecule has 0 atom stereocenters. The van der Waals surface area contributed by atoms with Gasteiger partial charge in [-0.2, -0.15) is 0 Å². The van der Waals surface area contributed by atoms with E-state index >= 15 is 0 Å². The van der Waals surface area contributed by atoms with Crippen LogP contribution in [0, 0.1) is 20.8 Å². The number of nitrogens with zero attached hydrogens (tertiary/aromatic N) is 1. The molecule has 1 aromatic heterocycles. The van der Waals surface area contributed by atoms with Crippen LogP contribution in [0.5, 0.6) is 0 Å². The maximum atomic E-state index is 11.2. The molecule has 1 N–H and O–H groups in total. The second-order valence-corrected chi connectivity index (χ2v) is 4.23. The zero-order valence-corrected chi connectivity index (χ0v) is 9.96. The quantitative estimate of drug-likeness (QED) is 0.798. The minimum absolute atomic E-state index is 0.417. The third-order valence-electron chi connectivity index (χ3n) is 3.39. The number of hydrogen-bond donors (Lipinski definition) is 1. The molecule has 3 heteroatoms. The summed E-state index contributed by atoms with van der Waals surface area (Å²) in [7, 11) is 1.91. The molecule has 16 heavy (non-hydrogen) atoms. The highest BCUT2D eigenvalue weighted by Gasteiger charge is 2.18. The number of aromatic carboxylic acids is 1. The zero-order valence-electron chi connectivity index (χ0n) is 9.96. The van der Waals surface area contributed by atoms with E-state index in [-0.39, 0.29) is 0 Å². The van der Waals surface area contributed by atoms with Crippen molar-refractivity contribution in [3.05, 3.63) is 34.5 Å². The van der Waals surface area contributed by atoms with E-state index < -0.39 is 5.97 Å². The predicted molar refractivity (Wildman–Crippen MR) is 64.1 cm³/mol. The lowest BCUT2D eigenvalue weighted by atomic mass is 10.0. The number of hydrogen-bond acceptors (Lipinski definition) is 1. The molecule has 0 saturated carbocycles. The van der Waals surface area contributed by atoms with Crippen LogP contribution < -0.4 is 0 Å². The van der Waals surface area contributed by atoms with E-state index in [0.717, 1.165) is 22.2 Å². The highest BCUT2D eigenvalue weighted by Crippen LogP contribution is 2.29. The molecule has 0 amide bonds. The van der Waals surface area contributed by atoms with Crippen molar-refractivity contribution in [3.63, 3.8) is 0 Å². The third kappa shape index (κ3) is 1.24. The van der Waals surface area contributed by atoms with Crippen LogP contribution in [-0.2, 0) is 7.05 Å². The predicted octanol–water partition coefficient (Wildman–Crippen LogP) is 2.80. The average molecular weight is 217 g/mol. The summed E-state index contributed by atoms with van der Waals surface area (Å²) in [5.74, 6) is -0.855. The maximum Gasteiger partial charge on any atom is 0.338 e. The van der Waals surface area contributed by atoms with Crippen molar-refractivity contribution in [1.29, 1.82) is 0 Å². The fraction of sp³-hybridized carbons (Fsp3) is 0.308. The number of aromatic nitrogens is 1. The van der Waals surface area contributed by atoms with Gasteiger partial charge in [0.1, 0.15) is 0 Å². The van der Waals surface area contributed by atoms with Crippen LogP contribution in [0.4, 0.5) is 0 Å². The van der Waals surface area contributed by atoms with Crippen molar-refractivity contribution < 1.29 is 9.90 Å². The summed E-state index contributed by atoms with van der Waals surface area (Å²) in [5, 5.41) is 10.1. The molecule has 0 bridgehead atoms. The fourth-order valence-corrected chi connectivity index (χ4v) is 2.24. The Labute approximate surface area is 94.3 Å². The smallest absolute Gasteiger partial charge is 0.338 e. The second kappa shape index (κ2) is 3.37. The SMILES string of the molecule is Cc1ccc2c(C(=O)O)c(C)n(C)c2c1C. The molecule has 0 aliphatic rings. The highest BCUT2D eigenvalue weighted by atomic mass is 16.4. The van der Waals surface area contributed by atoms with Gasteiger partial charge < -0.3 is 9.67 Å². The standard InChI is InChI=1S/C13H15NO2/c1-7-5-6-10-11(13(15)16)9(3)14(4)12(10)8(7)2/h5-6H,1-4H3,(H,15,16). The lowest BCUT2D eigenvalue weighted by Crippen LogP contribution is -1.99. The number of fused-ring (bicyclic) bond motifs is 1. The largest absolute Gasteiger partial charge is 0.478 e. The minimum Gasteiger partial charge on any atom is -0.478 e. The van der Waals surface area contributed by atoms with Gasteiger partial charge >= 0.3 is 5.97 Å². The Morgan fingerprint density at radius 2 is 1.88 bits per heavy atom. The molecular formula is C13H15NO2. The van der Waals surface area contributed by atoms with Crippen LogP contribution >= 0.6 is 0 Å². The summed E-state index contributed by atoms with van der Waals surface area (Å²) in [4.78, 5) is 11.2. The average Bonchev–Trinajstić information content (AvgIpc) is 2.46. The van der Waals surface area contributed by atoms with Gasteiger partial charge in [-0.3, -0.25) is 0 Å². The van der Waals surface area contributed by atoms with Crippen molar-refractivity contribution in [2.24, 2.45) is 7.05 Å². The van der Waals surface area contributed by atoms with Gasteiger partial charge in [0.2, 0.25) is 0 Å². The van der Waals surface area contributed by atoms with E-state index in [9.17, 15) is 9.90 Å². The first-order chi connectivity index (χ1) is 7.45. The first kappa shape index (κ1) is 10.7. The van der Waals surface area contributed by atoms with Gasteiger partial charge in [0.05, 0.1) is 11.1 Å². The van der Waals surface area contributed by atoms with Gasteiger partial charge in [-0.25, -0.2) is 4.79 Å². The second-order valence-electron chi connectivity index (χ2n) is 4.23. The molecule has 0 saturated heterocycles. The number of carbonyl (C=O) groups is 1. The Hall–Kier alpha value is -1.77. The first-order valence-corrected chi connectivity index (χ1v) is 5.23. The Kier molecular flexibility index (Phi) is 2.26. The van der Waals surface area contributed by atoms with Gasteiger partial charge in [-0.1, -0.05) is 12.1 Å². The van der Waals surface area contributed by atoms with Crippen LogP contribution in [-0.4, -0.2) is 15.6 Å². The lowest BCUT2D eigenvalue weighted by Gasteiger charge is -2.05. The molecule has 2 rings (SSSR count). The number of carboxylic acid groups (broad SMARTS) is 1. The Morgan fingerprint density at radius 3 is 2.44 bits per heavy atom. The van der Waals surface area contributed by atoms with E-state index in [1.54, 1.807) is 0 Å². The summed E-state index contributed by atoms with van der Waals surface area (Å²) in [6.45, 7) is 5.92. The summed E-state index contributed by atoms with van der Waals surface area (Å²) in [6, 6.07) is 3.87. The van der Waals surface area contributed by atoms with E-state index in [2.05, 4.69) is 0 Å². The van der Waals surface area contributed by atoms with Crippen LogP contribution in [0.25, 0.3) is 10.9 Å². The topological polar surface area (TPSA) is 42.2 Å². The first-order valence-electron chi connectivity index (χ1n) is 5.23. The van der Waals surface area contributed by atoms with Crippen LogP contribution in [0.3, 0.4) is 0 Å². The molecule has 0 aliphatic carbocycles. The number of benzene rings is 1. The van der Waals surface area contributed by atoms with Crippen molar-refractivity contribution in [2.75, 3.05) is 0 Å². The van der Waals surface area contributed by atoms with Crippen molar-refractivity contribution in [2.45, 2.75) is 20.8 Å². The Balaban J connectivity index is 3.01. The monoisotopic (exact) mass is 217 g/mol. The third-order valence-corrected chi connectivity index (χ3v) is 3.39. The van der Waals surface area contributed by atoms with Gasteiger partial charge in [-0.15, -0.1) is 0 Å². The van der Waals surface area contributed by atoms with E-state index in [0.29, 0.717) is 5.56 Å². The van der Waals surface area contributed by atoms with Crippen LogP contribution in [0.15, 0.2) is 12.1 Å². The molecule has 3 nitrogen and oxygen atoms in total. The van der Waals surface area contributed by atoms with E-state index in [1.165, 1.54) is 5.56 Å². The van der Waals surface area contributed by atoms with E-state index in [1.807, 2.05) is 44.5 Å². The molecule has 0 fully saturated rings. The fourth-order valence-electron chi connectivity index (χ4n) is 2.24. The summed E-state index contributed by atoms with van der Waals surface area (Å²) >= 11 is 0.